The molecule has 0 spiro atoms. The number of aliphatic hydroxyl groups is 1. The van der Waals surface area contributed by atoms with Crippen molar-refractivity contribution >= 4 is 5.91 Å². The van der Waals surface area contributed by atoms with E-state index in [0.29, 0.717) is 31.3 Å². The highest BCUT2D eigenvalue weighted by Crippen LogP contribution is 2.32. The Labute approximate surface area is 144 Å². The Kier molecular flexibility index (Phi) is 5.51. The first-order chi connectivity index (χ1) is 11.6. The van der Waals surface area contributed by atoms with E-state index in [1.165, 1.54) is 19.3 Å². The Morgan fingerprint density at radius 2 is 2.12 bits per heavy atom. The van der Waals surface area contributed by atoms with Crippen LogP contribution in [0.1, 0.15) is 51.0 Å². The number of pyridine rings is 1. The van der Waals surface area contributed by atoms with Gasteiger partial charge in [0.2, 0.25) is 5.91 Å². The van der Waals surface area contributed by atoms with Crippen molar-refractivity contribution in [3.05, 3.63) is 30.1 Å². The maximum atomic E-state index is 12.3. The number of piperidine rings is 1. The van der Waals surface area contributed by atoms with Crippen molar-refractivity contribution in [2.24, 2.45) is 5.92 Å². The molecule has 1 aliphatic carbocycles. The van der Waals surface area contributed by atoms with Gasteiger partial charge in [-0.15, -0.1) is 0 Å². The number of hydrogen-bond acceptors (Lipinski definition) is 4. The third-order valence-electron chi connectivity index (χ3n) is 5.71. The molecule has 5 nitrogen and oxygen atoms in total. The van der Waals surface area contributed by atoms with Crippen LogP contribution in [0.4, 0.5) is 0 Å². The van der Waals surface area contributed by atoms with Gasteiger partial charge in [-0.2, -0.15) is 0 Å². The van der Waals surface area contributed by atoms with E-state index in [9.17, 15) is 9.90 Å². The molecule has 0 aromatic carbocycles. The van der Waals surface area contributed by atoms with Gasteiger partial charge >= 0.3 is 0 Å². The van der Waals surface area contributed by atoms with Gasteiger partial charge in [-0.3, -0.25) is 14.7 Å². The molecule has 1 aromatic heterocycles. The van der Waals surface area contributed by atoms with Crippen LogP contribution in [0.2, 0.25) is 0 Å². The molecule has 1 aliphatic heterocycles. The molecule has 1 saturated carbocycles. The molecule has 5 heteroatoms. The van der Waals surface area contributed by atoms with Crippen LogP contribution < -0.4 is 5.32 Å². The number of rotatable bonds is 4. The zero-order chi connectivity index (χ0) is 17.0. The number of nitrogens with one attached hydrogen (secondary N) is 1. The highest BCUT2D eigenvalue weighted by molar-refractivity contribution is 5.78. The lowest BCUT2D eigenvalue weighted by atomic mass is 9.85. The lowest BCUT2D eigenvalue weighted by Gasteiger charge is -2.38. The third kappa shape index (κ3) is 4.14. The highest BCUT2D eigenvalue weighted by atomic mass is 16.3. The molecular formula is C19H29N3O2. The summed E-state index contributed by atoms with van der Waals surface area (Å²) in [5, 5.41) is 14.0. The Bertz CT molecular complexity index is 541. The molecule has 0 radical (unpaired) electrons. The molecule has 2 N–H and O–H groups in total. The van der Waals surface area contributed by atoms with Gasteiger partial charge in [-0.1, -0.05) is 25.8 Å². The number of carbonyl (C=O) groups excluding carboxylic acids is 1. The fourth-order valence-corrected chi connectivity index (χ4v) is 3.99. The first kappa shape index (κ1) is 17.4. The van der Waals surface area contributed by atoms with E-state index in [0.717, 1.165) is 25.1 Å². The monoisotopic (exact) mass is 331 g/mol. The topological polar surface area (TPSA) is 65.5 Å². The Morgan fingerprint density at radius 3 is 2.79 bits per heavy atom. The molecule has 2 heterocycles. The molecule has 0 unspecified atom stereocenters. The number of hydrogen-bond donors (Lipinski definition) is 2. The second kappa shape index (κ2) is 7.62. The molecule has 1 saturated heterocycles. The minimum absolute atomic E-state index is 0.126. The summed E-state index contributed by atoms with van der Waals surface area (Å²) >= 11 is 0. The maximum Gasteiger partial charge on any atom is 0.234 e. The minimum atomic E-state index is -0.806. The summed E-state index contributed by atoms with van der Waals surface area (Å²) < 4.78 is 0. The number of likely N-dealkylation sites (tertiary alicyclic amines) is 1. The van der Waals surface area contributed by atoms with Gasteiger partial charge in [0, 0.05) is 37.1 Å². The second-order valence-corrected chi connectivity index (χ2v) is 7.49. The van der Waals surface area contributed by atoms with E-state index in [-0.39, 0.29) is 5.91 Å². The van der Waals surface area contributed by atoms with Crippen molar-refractivity contribution in [2.45, 2.75) is 57.1 Å². The molecular weight excluding hydrogens is 302 g/mol. The summed E-state index contributed by atoms with van der Waals surface area (Å²) in [6.07, 6.45) is 9.58. The summed E-state index contributed by atoms with van der Waals surface area (Å²) in [6, 6.07) is 4.13. The van der Waals surface area contributed by atoms with Crippen LogP contribution in [0.3, 0.4) is 0 Å². The third-order valence-corrected chi connectivity index (χ3v) is 5.71. The summed E-state index contributed by atoms with van der Waals surface area (Å²) in [4.78, 5) is 18.6. The van der Waals surface area contributed by atoms with Crippen molar-refractivity contribution in [2.75, 3.05) is 19.6 Å². The fourth-order valence-electron chi connectivity index (χ4n) is 3.99. The van der Waals surface area contributed by atoms with E-state index >= 15 is 0 Å². The van der Waals surface area contributed by atoms with Crippen molar-refractivity contribution < 1.29 is 9.90 Å². The molecule has 0 bridgehead atoms. The molecule has 2 aliphatic rings. The Morgan fingerprint density at radius 1 is 1.38 bits per heavy atom. The largest absolute Gasteiger partial charge is 0.385 e. The van der Waals surface area contributed by atoms with Crippen LogP contribution in [-0.2, 0) is 10.4 Å². The predicted molar refractivity (Wildman–Crippen MR) is 93.4 cm³/mol. The van der Waals surface area contributed by atoms with Crippen molar-refractivity contribution in [3.8, 4) is 0 Å². The molecule has 24 heavy (non-hydrogen) atoms. The summed E-state index contributed by atoms with van der Waals surface area (Å²) in [5.41, 5.74) is 0.0733. The molecule has 2 fully saturated rings. The van der Waals surface area contributed by atoms with Crippen molar-refractivity contribution in [1.29, 1.82) is 0 Å². The molecule has 132 valence electrons. The van der Waals surface area contributed by atoms with Gasteiger partial charge < -0.3 is 10.4 Å². The van der Waals surface area contributed by atoms with Gasteiger partial charge in [0.1, 0.15) is 0 Å². The van der Waals surface area contributed by atoms with Crippen LogP contribution in [0.25, 0.3) is 0 Å². The van der Waals surface area contributed by atoms with E-state index in [2.05, 4.69) is 22.1 Å². The van der Waals surface area contributed by atoms with Gasteiger partial charge in [-0.25, -0.2) is 0 Å². The molecule has 1 aromatic rings. The normalized spacial score (nSPS) is 27.6. The van der Waals surface area contributed by atoms with Gasteiger partial charge in [0.05, 0.1) is 12.1 Å². The highest BCUT2D eigenvalue weighted by Gasteiger charge is 2.34. The average Bonchev–Trinajstić information content (AvgIpc) is 2.60. The zero-order valence-electron chi connectivity index (χ0n) is 14.6. The van der Waals surface area contributed by atoms with Gasteiger partial charge in [-0.05, 0) is 37.7 Å². The van der Waals surface area contributed by atoms with Crippen LogP contribution >= 0.6 is 0 Å². The second-order valence-electron chi connectivity index (χ2n) is 7.49. The number of amides is 1. The number of nitrogens with zero attached hydrogens (tertiary/aromatic N) is 2. The first-order valence-corrected chi connectivity index (χ1v) is 9.21. The van der Waals surface area contributed by atoms with E-state index in [4.69, 9.17) is 0 Å². The van der Waals surface area contributed by atoms with Crippen LogP contribution in [0, 0.1) is 5.92 Å². The Balaban J connectivity index is 1.47. The van der Waals surface area contributed by atoms with Crippen molar-refractivity contribution in [1.82, 2.24) is 15.2 Å². The van der Waals surface area contributed by atoms with Gasteiger partial charge in [0.25, 0.3) is 0 Å². The van der Waals surface area contributed by atoms with Crippen molar-refractivity contribution in [3.63, 3.8) is 0 Å². The summed E-state index contributed by atoms with van der Waals surface area (Å²) in [5.74, 6) is 0.709. The zero-order valence-corrected chi connectivity index (χ0v) is 14.6. The summed E-state index contributed by atoms with van der Waals surface area (Å²) in [7, 11) is 0. The van der Waals surface area contributed by atoms with Crippen LogP contribution in [0.5, 0.6) is 0 Å². The molecule has 2 atom stereocenters. The number of carbonyl (C=O) groups is 1. The lowest BCUT2D eigenvalue weighted by Crippen LogP contribution is -2.49. The minimum Gasteiger partial charge on any atom is -0.385 e. The summed E-state index contributed by atoms with van der Waals surface area (Å²) in [6.45, 7) is 4.14. The standard InChI is InChI=1S/C19H29N3O2/c1-15-5-2-3-7-17(15)21-18(23)14-22-11-8-19(24,9-12-22)16-6-4-10-20-13-16/h4,6,10,13,15,17,24H,2-3,5,7-9,11-12,14H2,1H3,(H,21,23)/t15-,17-/m0/s1. The molecule has 1 amide bonds. The quantitative estimate of drug-likeness (QED) is 0.886. The Hall–Kier alpha value is -1.46. The van der Waals surface area contributed by atoms with E-state index in [1.807, 2.05) is 12.1 Å². The first-order valence-electron chi connectivity index (χ1n) is 9.21. The molecule has 3 rings (SSSR count). The van der Waals surface area contributed by atoms with Crippen LogP contribution in [-0.4, -0.2) is 46.6 Å². The van der Waals surface area contributed by atoms with Crippen LogP contribution in [0.15, 0.2) is 24.5 Å². The predicted octanol–water partition coefficient (Wildman–Crippen LogP) is 2.06. The van der Waals surface area contributed by atoms with E-state index in [1.54, 1.807) is 12.4 Å². The SMILES string of the molecule is C[C@H]1CCCC[C@@H]1NC(=O)CN1CCC(O)(c2cccnc2)CC1. The smallest absolute Gasteiger partial charge is 0.234 e. The van der Waals surface area contributed by atoms with E-state index < -0.39 is 5.60 Å². The van der Waals surface area contributed by atoms with Gasteiger partial charge in [0.15, 0.2) is 0 Å². The lowest BCUT2D eigenvalue weighted by molar-refractivity contribution is -0.124. The maximum absolute atomic E-state index is 12.3. The number of aromatic nitrogens is 1. The average molecular weight is 331 g/mol. The fraction of sp³-hybridized carbons (Fsp3) is 0.684.